The summed E-state index contributed by atoms with van der Waals surface area (Å²) < 4.78 is 0.705. The number of carbonyl (C=O) groups excluding carboxylic acids is 1. The van der Waals surface area contributed by atoms with Gasteiger partial charge in [0.1, 0.15) is 11.6 Å². The number of hydrogen-bond acceptors (Lipinski definition) is 4. The molecule has 3 rings (SSSR count). The minimum Gasteiger partial charge on any atom is -0.321 e. The molecule has 150 valence electrons. The van der Waals surface area contributed by atoms with Gasteiger partial charge < -0.3 is 5.32 Å². The summed E-state index contributed by atoms with van der Waals surface area (Å²) in [7, 11) is 0. The fourth-order valence-corrected chi connectivity index (χ4v) is 4.91. The van der Waals surface area contributed by atoms with E-state index in [1.807, 2.05) is 60.7 Å². The van der Waals surface area contributed by atoms with E-state index in [1.165, 1.54) is 23.5 Å². The maximum atomic E-state index is 12.8. The van der Waals surface area contributed by atoms with Gasteiger partial charge in [-0.3, -0.25) is 4.79 Å². The first-order valence-corrected chi connectivity index (χ1v) is 11.6. The number of carbonyl (C=O) groups is 1. The molecule has 0 bridgehead atoms. The molecule has 0 atom stereocenters. The maximum Gasteiger partial charge on any atom is 0.268 e. The molecule has 0 aromatic heterocycles. The highest BCUT2D eigenvalue weighted by Crippen LogP contribution is 2.36. The van der Waals surface area contributed by atoms with E-state index >= 15 is 0 Å². The summed E-state index contributed by atoms with van der Waals surface area (Å²) in [5.41, 5.74) is 2.98. The second-order valence-electron chi connectivity index (χ2n) is 6.28. The zero-order chi connectivity index (χ0) is 21.2. The van der Waals surface area contributed by atoms with Gasteiger partial charge in [-0.25, -0.2) is 0 Å². The van der Waals surface area contributed by atoms with Crippen molar-refractivity contribution in [3.63, 3.8) is 0 Å². The monoisotopic (exact) mass is 450 g/mol. The van der Waals surface area contributed by atoms with E-state index in [9.17, 15) is 10.1 Å². The fraction of sp³-hybridized carbons (Fsp3) is 0.0833. The van der Waals surface area contributed by atoms with Gasteiger partial charge in [0.05, 0.1) is 4.24 Å². The van der Waals surface area contributed by atoms with Crippen molar-refractivity contribution in [2.75, 3.05) is 5.32 Å². The van der Waals surface area contributed by atoms with E-state index in [1.54, 1.807) is 24.3 Å². The lowest BCUT2D eigenvalue weighted by Gasteiger charge is -2.11. The summed E-state index contributed by atoms with van der Waals surface area (Å²) in [6.07, 6.45) is 0. The Morgan fingerprint density at radius 2 is 1.33 bits per heavy atom. The van der Waals surface area contributed by atoms with Crippen LogP contribution in [0, 0.1) is 11.3 Å². The topological polar surface area (TPSA) is 52.9 Å². The lowest BCUT2D eigenvalue weighted by molar-refractivity contribution is -0.112. The third-order valence-corrected chi connectivity index (χ3v) is 6.92. The van der Waals surface area contributed by atoms with Crippen molar-refractivity contribution < 1.29 is 4.79 Å². The lowest BCUT2D eigenvalue weighted by atomic mass is 10.2. The average Bonchev–Trinajstić information content (AvgIpc) is 2.78. The van der Waals surface area contributed by atoms with Crippen LogP contribution in [0.4, 0.5) is 5.69 Å². The number of benzene rings is 3. The molecule has 1 amide bonds. The molecule has 0 heterocycles. The smallest absolute Gasteiger partial charge is 0.268 e. The second-order valence-corrected chi connectivity index (χ2v) is 8.95. The van der Waals surface area contributed by atoms with E-state index in [0.29, 0.717) is 26.5 Å². The van der Waals surface area contributed by atoms with E-state index in [4.69, 9.17) is 11.6 Å². The van der Waals surface area contributed by atoms with Crippen molar-refractivity contribution in [3.05, 3.63) is 111 Å². The summed E-state index contributed by atoms with van der Waals surface area (Å²) in [5, 5.41) is 13.1. The molecule has 3 aromatic rings. The van der Waals surface area contributed by atoms with Gasteiger partial charge in [-0.05, 0) is 35.4 Å². The van der Waals surface area contributed by atoms with Crippen LogP contribution < -0.4 is 5.32 Å². The van der Waals surface area contributed by atoms with Crippen LogP contribution in [0.3, 0.4) is 0 Å². The molecule has 0 radical (unpaired) electrons. The number of thioether (sulfide) groups is 2. The Hall–Kier alpha value is -2.65. The summed E-state index contributed by atoms with van der Waals surface area (Å²) >= 11 is 8.92. The fourth-order valence-electron chi connectivity index (χ4n) is 2.55. The Morgan fingerprint density at radius 3 is 1.80 bits per heavy atom. The zero-order valence-corrected chi connectivity index (χ0v) is 18.4. The van der Waals surface area contributed by atoms with Crippen molar-refractivity contribution in [2.24, 2.45) is 0 Å². The highest BCUT2D eigenvalue weighted by atomic mass is 35.5. The Morgan fingerprint density at radius 1 is 0.833 bits per heavy atom. The molecule has 0 saturated heterocycles. The van der Waals surface area contributed by atoms with Gasteiger partial charge in [0.2, 0.25) is 0 Å². The Labute approximate surface area is 190 Å². The maximum absolute atomic E-state index is 12.8. The third kappa shape index (κ3) is 6.70. The van der Waals surface area contributed by atoms with Crippen LogP contribution in [-0.4, -0.2) is 5.91 Å². The van der Waals surface area contributed by atoms with Crippen molar-refractivity contribution in [3.8, 4) is 6.07 Å². The molecular formula is C24H19ClN2OS2. The number of nitrogens with one attached hydrogen (secondary N) is 1. The molecule has 0 spiro atoms. The van der Waals surface area contributed by atoms with E-state index < -0.39 is 5.91 Å². The number of hydrogen-bond donors (Lipinski definition) is 1. The lowest BCUT2D eigenvalue weighted by Crippen LogP contribution is -2.14. The molecule has 0 aliphatic rings. The molecular weight excluding hydrogens is 432 g/mol. The molecule has 0 saturated carbocycles. The van der Waals surface area contributed by atoms with Gasteiger partial charge >= 0.3 is 0 Å². The zero-order valence-electron chi connectivity index (χ0n) is 16.0. The van der Waals surface area contributed by atoms with Gasteiger partial charge in [0.15, 0.2) is 0 Å². The standard InChI is InChI=1S/C24H19ClN2OS2/c25-20-11-13-21(14-12-20)27-23(28)22(15-26)24(29-16-18-7-3-1-4-8-18)30-17-19-9-5-2-6-10-19/h1-14H,16-17H2,(H,27,28). The highest BCUT2D eigenvalue weighted by molar-refractivity contribution is 8.21. The number of nitriles is 1. The average molecular weight is 451 g/mol. The predicted molar refractivity (Wildman–Crippen MR) is 128 cm³/mol. The molecule has 3 nitrogen and oxygen atoms in total. The number of halogens is 1. The van der Waals surface area contributed by atoms with Crippen LogP contribution in [0.1, 0.15) is 11.1 Å². The molecule has 0 aliphatic heterocycles. The molecule has 1 N–H and O–H groups in total. The summed E-state index contributed by atoms with van der Waals surface area (Å²) in [4.78, 5) is 12.8. The summed E-state index contributed by atoms with van der Waals surface area (Å²) in [5.74, 6) is 0.935. The van der Waals surface area contributed by atoms with Crippen LogP contribution in [0.2, 0.25) is 5.02 Å². The normalized spacial score (nSPS) is 10.1. The van der Waals surface area contributed by atoms with Crippen LogP contribution in [0.5, 0.6) is 0 Å². The van der Waals surface area contributed by atoms with E-state index in [2.05, 4.69) is 11.4 Å². The molecule has 30 heavy (non-hydrogen) atoms. The SMILES string of the molecule is N#CC(C(=O)Nc1ccc(Cl)cc1)=C(SCc1ccccc1)SCc1ccccc1. The molecule has 6 heteroatoms. The van der Waals surface area contributed by atoms with Crippen molar-refractivity contribution >= 4 is 46.7 Å². The van der Waals surface area contributed by atoms with Gasteiger partial charge in [0, 0.05) is 22.2 Å². The van der Waals surface area contributed by atoms with Gasteiger partial charge in [-0.2, -0.15) is 5.26 Å². The Kier molecular flexibility index (Phi) is 8.46. The minimum absolute atomic E-state index is 0.117. The molecule has 0 unspecified atom stereocenters. The predicted octanol–water partition coefficient (Wildman–Crippen LogP) is 6.88. The third-order valence-electron chi connectivity index (χ3n) is 4.07. The minimum atomic E-state index is -0.420. The first-order valence-electron chi connectivity index (χ1n) is 9.20. The molecule has 0 fully saturated rings. The van der Waals surface area contributed by atoms with Gasteiger partial charge in [0.25, 0.3) is 5.91 Å². The van der Waals surface area contributed by atoms with Crippen LogP contribution in [0.15, 0.2) is 94.7 Å². The molecule has 0 aliphatic carbocycles. The number of nitrogens with zero attached hydrogens (tertiary/aromatic N) is 1. The van der Waals surface area contributed by atoms with Crippen LogP contribution >= 0.6 is 35.1 Å². The first kappa shape index (κ1) is 22.0. The Bertz CT molecular complexity index is 1000. The quantitative estimate of drug-likeness (QED) is 0.300. The Balaban J connectivity index is 1.81. The van der Waals surface area contributed by atoms with Crippen molar-refractivity contribution in [1.29, 1.82) is 5.26 Å². The van der Waals surface area contributed by atoms with Crippen LogP contribution in [-0.2, 0) is 16.3 Å². The largest absolute Gasteiger partial charge is 0.321 e. The van der Waals surface area contributed by atoms with E-state index in [-0.39, 0.29) is 5.57 Å². The van der Waals surface area contributed by atoms with Gasteiger partial charge in [-0.15, -0.1) is 23.5 Å². The summed E-state index contributed by atoms with van der Waals surface area (Å²) in [6, 6.07) is 28.9. The number of anilines is 1. The van der Waals surface area contributed by atoms with Crippen LogP contribution in [0.25, 0.3) is 0 Å². The second kappa shape index (κ2) is 11.5. The van der Waals surface area contributed by atoms with E-state index in [0.717, 1.165) is 11.1 Å². The van der Waals surface area contributed by atoms with Crippen molar-refractivity contribution in [2.45, 2.75) is 11.5 Å². The number of amides is 1. The number of rotatable bonds is 8. The van der Waals surface area contributed by atoms with Crippen molar-refractivity contribution in [1.82, 2.24) is 0 Å². The molecule has 3 aromatic carbocycles. The summed E-state index contributed by atoms with van der Waals surface area (Å²) in [6.45, 7) is 0. The van der Waals surface area contributed by atoms with Gasteiger partial charge in [-0.1, -0.05) is 72.3 Å². The first-order chi connectivity index (χ1) is 14.7. The highest BCUT2D eigenvalue weighted by Gasteiger charge is 2.17.